The fraction of sp³-hybridized carbons (Fsp3) is 0.167. The van der Waals surface area contributed by atoms with Crippen LogP contribution < -0.4 is 10.6 Å². The topological polar surface area (TPSA) is 83.4 Å². The molecule has 2 N–H and O–H groups in total. The third-order valence-corrected chi connectivity index (χ3v) is 3.35. The number of hydrogen-bond donors (Lipinski definition) is 2. The molecular formula is C12H12N4O2S. The Morgan fingerprint density at radius 1 is 1.42 bits per heavy atom. The van der Waals surface area contributed by atoms with Crippen LogP contribution in [-0.2, 0) is 0 Å². The third-order valence-electron chi connectivity index (χ3n) is 2.56. The van der Waals surface area contributed by atoms with Gasteiger partial charge < -0.3 is 5.32 Å². The van der Waals surface area contributed by atoms with Crippen LogP contribution in [0.3, 0.4) is 0 Å². The fourth-order valence-corrected chi connectivity index (χ4v) is 2.19. The van der Waals surface area contributed by atoms with E-state index >= 15 is 0 Å². The molecule has 0 bridgehead atoms. The Morgan fingerprint density at radius 3 is 2.79 bits per heavy atom. The Labute approximate surface area is 113 Å². The summed E-state index contributed by atoms with van der Waals surface area (Å²) in [6.45, 7) is 1.86. The normalized spacial score (nSPS) is 10.0. The average Bonchev–Trinajstić information content (AvgIpc) is 2.86. The van der Waals surface area contributed by atoms with Gasteiger partial charge in [0.1, 0.15) is 0 Å². The van der Waals surface area contributed by atoms with Gasteiger partial charge in [0.2, 0.25) is 0 Å². The molecule has 98 valence electrons. The van der Waals surface area contributed by atoms with E-state index in [2.05, 4.69) is 20.8 Å². The smallest absolute Gasteiger partial charge is 0.257 e. The lowest BCUT2D eigenvalue weighted by Crippen LogP contribution is -2.13. The Morgan fingerprint density at radius 2 is 2.21 bits per heavy atom. The van der Waals surface area contributed by atoms with Crippen molar-refractivity contribution in [2.24, 2.45) is 5.18 Å². The van der Waals surface area contributed by atoms with Gasteiger partial charge in [-0.1, -0.05) is 11.3 Å². The highest BCUT2D eigenvalue weighted by Crippen LogP contribution is 2.26. The van der Waals surface area contributed by atoms with Gasteiger partial charge in [-0.3, -0.25) is 10.1 Å². The van der Waals surface area contributed by atoms with Crippen LogP contribution in [0.1, 0.15) is 15.9 Å². The summed E-state index contributed by atoms with van der Waals surface area (Å²) in [4.78, 5) is 26.3. The summed E-state index contributed by atoms with van der Waals surface area (Å²) in [6.07, 6.45) is 1.32. The van der Waals surface area contributed by atoms with Gasteiger partial charge in [-0.15, -0.1) is 4.91 Å². The Bertz CT molecular complexity index is 624. The summed E-state index contributed by atoms with van der Waals surface area (Å²) in [5.74, 6) is -0.257. The van der Waals surface area contributed by atoms with Gasteiger partial charge in [0, 0.05) is 18.3 Å². The molecule has 0 saturated carbocycles. The number of nitrogens with zero attached hydrogens (tertiary/aromatic N) is 2. The zero-order valence-corrected chi connectivity index (χ0v) is 11.2. The number of aryl methyl sites for hydroxylation is 1. The van der Waals surface area contributed by atoms with Crippen LogP contribution in [0, 0.1) is 11.8 Å². The molecule has 6 nitrogen and oxygen atoms in total. The van der Waals surface area contributed by atoms with Crippen molar-refractivity contribution in [3.8, 4) is 0 Å². The van der Waals surface area contributed by atoms with Crippen molar-refractivity contribution in [2.45, 2.75) is 6.92 Å². The lowest BCUT2D eigenvalue weighted by molar-refractivity contribution is 0.102. The number of nitroso groups, excluding NO2 is 1. The molecule has 1 aromatic carbocycles. The summed E-state index contributed by atoms with van der Waals surface area (Å²) in [5, 5.41) is 9.00. The Hall–Kier alpha value is -2.28. The standard InChI is InChI=1S/C12H12N4O2S/c1-7-5-8(13-2)3-4-9(7)11(17)15-12-14-6-10(16-18)19-12/h3-6,13H,1-2H3,(H,14,15,17). The monoisotopic (exact) mass is 276 g/mol. The molecule has 0 fully saturated rings. The first-order valence-electron chi connectivity index (χ1n) is 5.53. The maximum Gasteiger partial charge on any atom is 0.257 e. The molecule has 0 spiro atoms. The van der Waals surface area contributed by atoms with Gasteiger partial charge in [-0.25, -0.2) is 4.98 Å². The fourth-order valence-electron chi connectivity index (χ4n) is 1.60. The number of carbonyl (C=O) groups is 1. The molecule has 0 atom stereocenters. The van der Waals surface area contributed by atoms with E-state index in [9.17, 15) is 9.70 Å². The molecule has 0 radical (unpaired) electrons. The molecule has 0 aliphatic carbocycles. The van der Waals surface area contributed by atoms with Gasteiger partial charge in [0.15, 0.2) is 10.1 Å². The zero-order chi connectivity index (χ0) is 13.8. The molecule has 1 heterocycles. The van der Waals surface area contributed by atoms with Crippen molar-refractivity contribution in [3.05, 3.63) is 40.4 Å². The van der Waals surface area contributed by atoms with Crippen molar-refractivity contribution in [3.63, 3.8) is 0 Å². The van der Waals surface area contributed by atoms with Gasteiger partial charge >= 0.3 is 0 Å². The average molecular weight is 276 g/mol. The summed E-state index contributed by atoms with van der Waals surface area (Å²) in [7, 11) is 1.82. The zero-order valence-electron chi connectivity index (χ0n) is 10.4. The van der Waals surface area contributed by atoms with Crippen molar-refractivity contribution in [1.82, 2.24) is 4.98 Å². The first kappa shape index (κ1) is 13.2. The van der Waals surface area contributed by atoms with Gasteiger partial charge in [-0.05, 0) is 35.9 Å². The van der Waals surface area contributed by atoms with Crippen LogP contribution in [0.25, 0.3) is 0 Å². The Kier molecular flexibility index (Phi) is 3.86. The third kappa shape index (κ3) is 2.94. The van der Waals surface area contributed by atoms with E-state index in [1.165, 1.54) is 6.20 Å². The van der Waals surface area contributed by atoms with Gasteiger partial charge in [-0.2, -0.15) is 0 Å². The lowest BCUT2D eigenvalue weighted by Gasteiger charge is -2.07. The maximum atomic E-state index is 12.1. The van der Waals surface area contributed by atoms with E-state index in [1.807, 2.05) is 26.1 Å². The summed E-state index contributed by atoms with van der Waals surface area (Å²) < 4.78 is 0. The van der Waals surface area contributed by atoms with Crippen molar-refractivity contribution >= 4 is 33.1 Å². The van der Waals surface area contributed by atoms with E-state index in [-0.39, 0.29) is 10.9 Å². The molecule has 1 aromatic heterocycles. The quantitative estimate of drug-likeness (QED) is 0.840. The molecule has 2 rings (SSSR count). The van der Waals surface area contributed by atoms with Gasteiger partial charge in [0.05, 0.1) is 6.20 Å². The summed E-state index contributed by atoms with van der Waals surface area (Å²) >= 11 is 1.03. The first-order valence-corrected chi connectivity index (χ1v) is 6.34. The number of aromatic nitrogens is 1. The molecule has 0 aliphatic rings. The number of carbonyl (C=O) groups excluding carboxylic acids is 1. The number of thiazole rings is 1. The summed E-state index contributed by atoms with van der Waals surface area (Å²) in [5.41, 5.74) is 2.36. The van der Waals surface area contributed by atoms with Crippen molar-refractivity contribution in [1.29, 1.82) is 0 Å². The van der Waals surface area contributed by atoms with Crippen molar-refractivity contribution in [2.75, 3.05) is 17.7 Å². The van der Waals surface area contributed by atoms with Crippen molar-refractivity contribution < 1.29 is 4.79 Å². The highest BCUT2D eigenvalue weighted by molar-refractivity contribution is 7.19. The second-order valence-corrected chi connectivity index (χ2v) is 4.84. The second-order valence-electron chi connectivity index (χ2n) is 3.83. The molecular weight excluding hydrogens is 264 g/mol. The first-order chi connectivity index (χ1) is 9.13. The largest absolute Gasteiger partial charge is 0.388 e. The number of amides is 1. The Balaban J connectivity index is 2.17. The minimum absolute atomic E-state index is 0.234. The van der Waals surface area contributed by atoms with E-state index in [0.29, 0.717) is 10.7 Å². The van der Waals surface area contributed by atoms with Gasteiger partial charge in [0.25, 0.3) is 5.91 Å². The van der Waals surface area contributed by atoms with E-state index in [0.717, 1.165) is 22.6 Å². The van der Waals surface area contributed by atoms with E-state index < -0.39 is 0 Å². The minimum atomic E-state index is -0.257. The maximum absolute atomic E-state index is 12.1. The number of hydrogen-bond acceptors (Lipinski definition) is 6. The number of benzene rings is 1. The molecule has 7 heteroatoms. The van der Waals surface area contributed by atoms with Crippen LogP contribution in [0.4, 0.5) is 15.8 Å². The highest BCUT2D eigenvalue weighted by Gasteiger charge is 2.12. The number of anilines is 2. The van der Waals surface area contributed by atoms with Crippen LogP contribution in [0.15, 0.2) is 29.6 Å². The highest BCUT2D eigenvalue weighted by atomic mass is 32.1. The molecule has 2 aromatic rings. The SMILES string of the molecule is CNc1ccc(C(=O)Nc2ncc(N=O)s2)c(C)c1. The minimum Gasteiger partial charge on any atom is -0.388 e. The summed E-state index contributed by atoms with van der Waals surface area (Å²) in [6, 6.07) is 5.44. The van der Waals surface area contributed by atoms with Crippen LogP contribution in [0.5, 0.6) is 0 Å². The molecule has 0 aliphatic heterocycles. The number of rotatable bonds is 4. The molecule has 0 saturated heterocycles. The second kappa shape index (κ2) is 5.57. The van der Waals surface area contributed by atoms with E-state index in [1.54, 1.807) is 6.07 Å². The number of nitrogens with one attached hydrogen (secondary N) is 2. The molecule has 19 heavy (non-hydrogen) atoms. The van der Waals surface area contributed by atoms with E-state index in [4.69, 9.17) is 0 Å². The predicted octanol–water partition coefficient (Wildman–Crippen LogP) is 3.14. The molecule has 1 amide bonds. The van der Waals surface area contributed by atoms with Crippen LogP contribution in [-0.4, -0.2) is 17.9 Å². The van der Waals surface area contributed by atoms with Crippen LogP contribution in [0.2, 0.25) is 0 Å². The van der Waals surface area contributed by atoms with Crippen LogP contribution >= 0.6 is 11.3 Å². The predicted molar refractivity (Wildman–Crippen MR) is 76.2 cm³/mol. The lowest BCUT2D eigenvalue weighted by atomic mass is 10.1. The molecule has 0 unspecified atom stereocenters.